The summed E-state index contributed by atoms with van der Waals surface area (Å²) < 4.78 is 10.9. The van der Waals surface area contributed by atoms with Crippen LogP contribution < -0.4 is 15.0 Å². The lowest BCUT2D eigenvalue weighted by Gasteiger charge is -2.26. The third-order valence-corrected chi connectivity index (χ3v) is 4.81. The zero-order valence-corrected chi connectivity index (χ0v) is 16.2. The number of hydrogen-bond donors (Lipinski definition) is 1. The quantitative estimate of drug-likeness (QED) is 0.703. The number of halogens is 1. The van der Waals surface area contributed by atoms with Crippen molar-refractivity contribution in [1.82, 2.24) is 10.1 Å². The van der Waals surface area contributed by atoms with Crippen molar-refractivity contribution in [2.45, 2.75) is 19.4 Å². The summed E-state index contributed by atoms with van der Waals surface area (Å²) >= 11 is 5.91. The predicted molar refractivity (Wildman–Crippen MR) is 106 cm³/mol. The number of carbonyl (C=O) groups is 1. The molecular weight excluding hydrogens is 380 g/mol. The number of nitrogens with zero attached hydrogens (tertiary/aromatic N) is 3. The van der Waals surface area contributed by atoms with Crippen LogP contribution in [0.2, 0.25) is 5.02 Å². The van der Waals surface area contributed by atoms with Crippen molar-refractivity contribution in [2.75, 3.05) is 23.9 Å². The predicted octanol–water partition coefficient (Wildman–Crippen LogP) is 3.84. The summed E-state index contributed by atoms with van der Waals surface area (Å²) in [5.41, 5.74) is 2.65. The number of nitrogens with one attached hydrogen (secondary N) is 1. The Morgan fingerprint density at radius 3 is 2.82 bits per heavy atom. The van der Waals surface area contributed by atoms with Gasteiger partial charge in [0.1, 0.15) is 11.8 Å². The molecule has 1 N–H and O–H groups in total. The standard InChI is InChI=1S/C20H19ClN4O3/c1-12(20-23-18(24-28-20)9-13-3-5-14(21)6-4-13)22-15-7-8-16-17(10-15)27-11-19(26)25(16)2/h3-8,10,12,22H,9,11H2,1-2H3. The van der Waals surface area contributed by atoms with E-state index in [0.717, 1.165) is 16.9 Å². The highest BCUT2D eigenvalue weighted by Gasteiger charge is 2.23. The fourth-order valence-corrected chi connectivity index (χ4v) is 3.10. The number of amides is 1. The largest absolute Gasteiger partial charge is 0.481 e. The number of benzene rings is 2. The van der Waals surface area contributed by atoms with Gasteiger partial charge in [-0.15, -0.1) is 0 Å². The summed E-state index contributed by atoms with van der Waals surface area (Å²) in [6.07, 6.45) is 0.570. The SMILES string of the molecule is CC(Nc1ccc2c(c1)OCC(=O)N2C)c1nc(Cc2ccc(Cl)cc2)no1. The van der Waals surface area contributed by atoms with Crippen LogP contribution in [0.25, 0.3) is 0 Å². The number of likely N-dealkylation sites (N-methyl/N-ethyl adjacent to an activating group) is 1. The Hall–Kier alpha value is -3.06. The molecule has 0 saturated carbocycles. The highest BCUT2D eigenvalue weighted by atomic mass is 35.5. The summed E-state index contributed by atoms with van der Waals surface area (Å²) in [6, 6.07) is 13.0. The van der Waals surface area contributed by atoms with Gasteiger partial charge in [-0.25, -0.2) is 0 Å². The molecule has 1 aromatic heterocycles. The molecule has 0 spiro atoms. The zero-order chi connectivity index (χ0) is 19.7. The molecule has 0 saturated heterocycles. The third-order valence-electron chi connectivity index (χ3n) is 4.56. The van der Waals surface area contributed by atoms with E-state index in [4.69, 9.17) is 20.9 Å². The van der Waals surface area contributed by atoms with E-state index in [1.165, 1.54) is 0 Å². The molecule has 7 nitrogen and oxygen atoms in total. The molecule has 1 amide bonds. The van der Waals surface area contributed by atoms with Gasteiger partial charge in [-0.3, -0.25) is 4.79 Å². The molecule has 1 atom stereocenters. The minimum atomic E-state index is -0.188. The zero-order valence-electron chi connectivity index (χ0n) is 15.5. The Morgan fingerprint density at radius 2 is 2.04 bits per heavy atom. The molecule has 1 aliphatic heterocycles. The maximum Gasteiger partial charge on any atom is 0.264 e. The van der Waals surface area contributed by atoms with Crippen LogP contribution in [-0.2, 0) is 11.2 Å². The monoisotopic (exact) mass is 398 g/mol. The average Bonchev–Trinajstić information content (AvgIpc) is 3.15. The second-order valence-electron chi connectivity index (χ2n) is 6.64. The van der Waals surface area contributed by atoms with Gasteiger partial charge in [0.05, 0.1) is 5.69 Å². The molecule has 8 heteroatoms. The molecule has 0 radical (unpaired) electrons. The molecule has 1 unspecified atom stereocenters. The number of carbonyl (C=O) groups excluding carboxylic acids is 1. The van der Waals surface area contributed by atoms with Crippen molar-refractivity contribution in [3.8, 4) is 5.75 Å². The van der Waals surface area contributed by atoms with Gasteiger partial charge in [0, 0.05) is 30.2 Å². The molecule has 4 rings (SSSR count). The van der Waals surface area contributed by atoms with Crippen LogP contribution >= 0.6 is 11.6 Å². The van der Waals surface area contributed by atoms with Crippen LogP contribution in [0.4, 0.5) is 11.4 Å². The maximum absolute atomic E-state index is 11.7. The van der Waals surface area contributed by atoms with Crippen LogP contribution in [0.1, 0.15) is 30.2 Å². The number of aromatic nitrogens is 2. The highest BCUT2D eigenvalue weighted by molar-refractivity contribution is 6.30. The van der Waals surface area contributed by atoms with E-state index in [0.29, 0.717) is 28.9 Å². The number of anilines is 2. The molecule has 0 fully saturated rings. The Bertz CT molecular complexity index is 1000. The van der Waals surface area contributed by atoms with Crippen LogP contribution in [0, 0.1) is 0 Å². The molecule has 2 heterocycles. The van der Waals surface area contributed by atoms with Gasteiger partial charge in [-0.1, -0.05) is 28.9 Å². The van der Waals surface area contributed by atoms with Crippen LogP contribution in [-0.4, -0.2) is 29.7 Å². The van der Waals surface area contributed by atoms with E-state index in [1.807, 2.05) is 49.4 Å². The summed E-state index contributed by atoms with van der Waals surface area (Å²) in [4.78, 5) is 17.8. The Morgan fingerprint density at radius 1 is 1.25 bits per heavy atom. The number of fused-ring (bicyclic) bond motifs is 1. The van der Waals surface area contributed by atoms with E-state index in [2.05, 4.69) is 15.5 Å². The average molecular weight is 399 g/mol. The maximum atomic E-state index is 11.7. The molecule has 1 aliphatic rings. The molecule has 28 heavy (non-hydrogen) atoms. The van der Waals surface area contributed by atoms with Crippen molar-refractivity contribution in [3.63, 3.8) is 0 Å². The van der Waals surface area contributed by atoms with Crippen LogP contribution in [0.5, 0.6) is 5.75 Å². The minimum absolute atomic E-state index is 0.0419. The van der Waals surface area contributed by atoms with Crippen molar-refractivity contribution in [1.29, 1.82) is 0 Å². The third kappa shape index (κ3) is 3.80. The van der Waals surface area contributed by atoms with Gasteiger partial charge in [0.15, 0.2) is 12.4 Å². The van der Waals surface area contributed by atoms with Gasteiger partial charge in [-0.05, 0) is 36.8 Å². The van der Waals surface area contributed by atoms with Gasteiger partial charge >= 0.3 is 0 Å². The highest BCUT2D eigenvalue weighted by Crippen LogP contribution is 2.34. The summed E-state index contributed by atoms with van der Waals surface area (Å²) in [5.74, 6) is 1.70. The number of ether oxygens (including phenoxy) is 1. The molecule has 0 aliphatic carbocycles. The second-order valence-corrected chi connectivity index (χ2v) is 7.08. The summed E-state index contributed by atoms with van der Waals surface area (Å²) in [5, 5.41) is 8.07. The molecule has 2 aromatic carbocycles. The van der Waals surface area contributed by atoms with Gasteiger partial charge in [0.25, 0.3) is 5.91 Å². The van der Waals surface area contributed by atoms with Gasteiger partial charge in [-0.2, -0.15) is 4.98 Å². The first-order valence-electron chi connectivity index (χ1n) is 8.86. The number of hydrogen-bond acceptors (Lipinski definition) is 6. The topological polar surface area (TPSA) is 80.5 Å². The smallest absolute Gasteiger partial charge is 0.264 e. The fourth-order valence-electron chi connectivity index (χ4n) is 2.98. The van der Waals surface area contributed by atoms with Crippen LogP contribution in [0.3, 0.4) is 0 Å². The van der Waals surface area contributed by atoms with E-state index in [1.54, 1.807) is 11.9 Å². The first kappa shape index (κ1) is 18.3. The minimum Gasteiger partial charge on any atom is -0.481 e. The lowest BCUT2D eigenvalue weighted by Crippen LogP contribution is -2.35. The second kappa shape index (κ2) is 7.52. The summed E-state index contributed by atoms with van der Waals surface area (Å²) in [6.45, 7) is 1.98. The first-order valence-corrected chi connectivity index (χ1v) is 9.24. The normalized spacial score (nSPS) is 14.4. The summed E-state index contributed by atoms with van der Waals surface area (Å²) in [7, 11) is 1.74. The van der Waals surface area contributed by atoms with E-state index in [-0.39, 0.29) is 18.6 Å². The Kier molecular flexibility index (Phi) is 4.92. The first-order chi connectivity index (χ1) is 13.5. The van der Waals surface area contributed by atoms with Crippen molar-refractivity contribution < 1.29 is 14.1 Å². The van der Waals surface area contributed by atoms with E-state index in [9.17, 15) is 4.79 Å². The Labute approximate surface area is 167 Å². The molecule has 3 aromatic rings. The fraction of sp³-hybridized carbons (Fsp3) is 0.250. The van der Waals surface area contributed by atoms with Crippen molar-refractivity contribution >= 4 is 28.9 Å². The number of rotatable bonds is 5. The van der Waals surface area contributed by atoms with Gasteiger partial charge < -0.3 is 19.5 Å². The lowest BCUT2D eigenvalue weighted by atomic mass is 10.1. The molecule has 144 valence electrons. The van der Waals surface area contributed by atoms with Crippen molar-refractivity contribution in [2.24, 2.45) is 0 Å². The van der Waals surface area contributed by atoms with Crippen molar-refractivity contribution in [3.05, 3.63) is 64.8 Å². The molecule has 0 bridgehead atoms. The van der Waals surface area contributed by atoms with Crippen LogP contribution in [0.15, 0.2) is 47.0 Å². The van der Waals surface area contributed by atoms with Gasteiger partial charge in [0.2, 0.25) is 5.89 Å². The Balaban J connectivity index is 1.44. The lowest BCUT2D eigenvalue weighted by molar-refractivity contribution is -0.120. The van der Waals surface area contributed by atoms with E-state index < -0.39 is 0 Å². The molecular formula is C20H19ClN4O3. The van der Waals surface area contributed by atoms with E-state index >= 15 is 0 Å².